The summed E-state index contributed by atoms with van der Waals surface area (Å²) in [6.07, 6.45) is -4.44. The third kappa shape index (κ3) is 3.04. The van der Waals surface area contributed by atoms with Crippen LogP contribution in [0.3, 0.4) is 0 Å². The summed E-state index contributed by atoms with van der Waals surface area (Å²) in [7, 11) is 0. The Morgan fingerprint density at radius 1 is 1.59 bits per heavy atom. The molecule has 0 saturated carbocycles. The number of aromatic nitrogens is 1. The van der Waals surface area contributed by atoms with Crippen molar-refractivity contribution in [2.45, 2.75) is 6.36 Å². The molecule has 0 atom stereocenters. The molecule has 0 spiro atoms. The topological polar surface area (TPSA) is 89.0 Å². The summed E-state index contributed by atoms with van der Waals surface area (Å²) in [6.45, 7) is 0. The molecule has 17 heavy (non-hydrogen) atoms. The second-order valence-electron chi connectivity index (χ2n) is 2.56. The van der Waals surface area contributed by atoms with E-state index in [1.807, 2.05) is 0 Å². The predicted octanol–water partition coefficient (Wildman–Crippen LogP) is 2.52. The number of nitro groups is 1. The number of pyridine rings is 1. The summed E-state index contributed by atoms with van der Waals surface area (Å²) in [6, 6.07) is 1.39. The Balaban J connectivity index is 3.39. The molecule has 1 rings (SSSR count). The van der Waals surface area contributed by atoms with Crippen LogP contribution in [0.2, 0.25) is 0 Å². The summed E-state index contributed by atoms with van der Waals surface area (Å²) in [4.78, 5) is 12.7. The molecular formula is C7HBrF3N3O3. The number of hydrogen-bond acceptors (Lipinski definition) is 5. The normalized spacial score (nSPS) is 10.8. The zero-order valence-corrected chi connectivity index (χ0v) is 9.24. The molecule has 0 bridgehead atoms. The van der Waals surface area contributed by atoms with Crippen molar-refractivity contribution in [1.82, 2.24) is 4.98 Å². The van der Waals surface area contributed by atoms with Crippen molar-refractivity contribution in [2.75, 3.05) is 0 Å². The van der Waals surface area contributed by atoms with E-state index in [0.717, 1.165) is 0 Å². The lowest BCUT2D eigenvalue weighted by Gasteiger charge is -2.10. The van der Waals surface area contributed by atoms with Gasteiger partial charge in [0.25, 0.3) is 0 Å². The summed E-state index contributed by atoms with van der Waals surface area (Å²) in [5, 5.41) is 19.0. The average Bonchev–Trinajstić information content (AvgIpc) is 2.18. The number of nitrogens with zero attached hydrogens (tertiary/aromatic N) is 3. The van der Waals surface area contributed by atoms with Crippen LogP contribution < -0.4 is 4.74 Å². The van der Waals surface area contributed by atoms with Crippen LogP contribution in [0, 0.1) is 21.4 Å². The second-order valence-corrected chi connectivity index (χ2v) is 3.35. The lowest BCUT2D eigenvalue weighted by molar-refractivity contribution is -0.390. The molecule has 0 N–H and O–H groups in total. The molecule has 90 valence electrons. The molecular weight excluding hydrogens is 311 g/mol. The maximum Gasteiger partial charge on any atom is 0.573 e. The van der Waals surface area contributed by atoms with E-state index in [1.54, 1.807) is 0 Å². The van der Waals surface area contributed by atoms with Crippen LogP contribution in [0.25, 0.3) is 0 Å². The molecule has 6 nitrogen and oxygen atoms in total. The number of hydrogen-bond donors (Lipinski definition) is 0. The lowest BCUT2D eigenvalue weighted by atomic mass is 10.3. The Hall–Kier alpha value is -1.89. The minimum Gasteiger partial charge on any atom is -0.403 e. The van der Waals surface area contributed by atoms with Crippen molar-refractivity contribution in [3.05, 3.63) is 26.3 Å². The van der Waals surface area contributed by atoms with Gasteiger partial charge in [0.15, 0.2) is 16.4 Å². The van der Waals surface area contributed by atoms with Crippen molar-refractivity contribution in [2.24, 2.45) is 0 Å². The summed E-state index contributed by atoms with van der Waals surface area (Å²) >= 11 is 2.55. The molecule has 0 radical (unpaired) electrons. The maximum absolute atomic E-state index is 12.0. The van der Waals surface area contributed by atoms with Gasteiger partial charge in [-0.25, -0.2) is 0 Å². The van der Waals surface area contributed by atoms with Crippen molar-refractivity contribution >= 4 is 21.7 Å². The molecule has 0 aliphatic carbocycles. The Kier molecular flexibility index (Phi) is 3.52. The summed E-state index contributed by atoms with van der Waals surface area (Å²) < 4.78 is 39.0. The number of rotatable bonds is 2. The summed E-state index contributed by atoms with van der Waals surface area (Å²) in [5.41, 5.74) is -0.570. The zero-order valence-electron chi connectivity index (χ0n) is 7.66. The Morgan fingerprint density at radius 3 is 2.59 bits per heavy atom. The highest BCUT2D eigenvalue weighted by Crippen LogP contribution is 2.37. The van der Waals surface area contributed by atoms with Crippen LogP contribution in [-0.2, 0) is 0 Å². The Bertz CT molecular complexity index is 512. The highest BCUT2D eigenvalue weighted by atomic mass is 79.9. The third-order valence-corrected chi connectivity index (χ3v) is 2.18. The van der Waals surface area contributed by atoms with Gasteiger partial charge in [-0.1, -0.05) is 0 Å². The molecule has 0 fully saturated rings. The van der Waals surface area contributed by atoms with E-state index in [-0.39, 0.29) is 0 Å². The van der Waals surface area contributed by atoms with E-state index < -0.39 is 32.9 Å². The monoisotopic (exact) mass is 311 g/mol. The second kappa shape index (κ2) is 4.54. The van der Waals surface area contributed by atoms with Gasteiger partial charge in [0.1, 0.15) is 11.6 Å². The molecule has 0 unspecified atom stereocenters. The zero-order chi connectivity index (χ0) is 13.2. The highest BCUT2D eigenvalue weighted by Gasteiger charge is 2.35. The minimum absolute atomic E-state index is 0.570. The quantitative estimate of drug-likeness (QED) is 0.618. The maximum atomic E-state index is 12.0. The molecule has 0 aliphatic heterocycles. The fourth-order valence-electron chi connectivity index (χ4n) is 0.883. The van der Waals surface area contributed by atoms with Crippen molar-refractivity contribution < 1.29 is 22.8 Å². The standard InChI is InChI=1S/C7HBrF3N3O3/c8-4-5(17-7(9,10)11)3(1-12)2-13-6(4)14(15)16/h2H. The van der Waals surface area contributed by atoms with Crippen LogP contribution >= 0.6 is 15.9 Å². The first kappa shape index (κ1) is 13.2. The van der Waals surface area contributed by atoms with Gasteiger partial charge in [0, 0.05) is 0 Å². The third-order valence-electron chi connectivity index (χ3n) is 1.47. The minimum atomic E-state index is -5.07. The van der Waals surface area contributed by atoms with Gasteiger partial charge in [-0.2, -0.15) is 5.26 Å². The molecule has 1 aromatic heterocycles. The highest BCUT2D eigenvalue weighted by molar-refractivity contribution is 9.10. The van der Waals surface area contributed by atoms with Gasteiger partial charge in [0.2, 0.25) is 0 Å². The molecule has 1 aromatic rings. The predicted molar refractivity (Wildman–Crippen MR) is 50.0 cm³/mol. The fourth-order valence-corrected chi connectivity index (χ4v) is 1.42. The molecule has 0 saturated heterocycles. The van der Waals surface area contributed by atoms with Crippen LogP contribution in [0.4, 0.5) is 19.0 Å². The Labute approximate surface area is 99.9 Å². The Morgan fingerprint density at radius 2 is 2.18 bits per heavy atom. The summed E-state index contributed by atoms with van der Waals surface area (Å²) in [5.74, 6) is -1.86. The van der Waals surface area contributed by atoms with Gasteiger partial charge < -0.3 is 14.9 Å². The van der Waals surface area contributed by atoms with Crippen LogP contribution in [0.5, 0.6) is 5.75 Å². The SMILES string of the molecule is N#Cc1cnc([N+](=O)[O-])c(Br)c1OC(F)(F)F. The van der Waals surface area contributed by atoms with Gasteiger partial charge in [0.05, 0.1) is 0 Å². The smallest absolute Gasteiger partial charge is 0.403 e. The van der Waals surface area contributed by atoms with Crippen LogP contribution in [0.15, 0.2) is 10.7 Å². The van der Waals surface area contributed by atoms with E-state index in [1.165, 1.54) is 6.07 Å². The van der Waals surface area contributed by atoms with E-state index in [0.29, 0.717) is 6.20 Å². The fraction of sp³-hybridized carbons (Fsp3) is 0.143. The molecule has 0 aliphatic rings. The van der Waals surface area contributed by atoms with Crippen molar-refractivity contribution in [3.63, 3.8) is 0 Å². The van der Waals surface area contributed by atoms with Crippen LogP contribution in [0.1, 0.15) is 5.56 Å². The van der Waals surface area contributed by atoms with E-state index >= 15 is 0 Å². The molecule has 0 amide bonds. The average molecular weight is 312 g/mol. The van der Waals surface area contributed by atoms with Crippen molar-refractivity contribution in [1.29, 1.82) is 5.26 Å². The molecule has 0 aromatic carbocycles. The number of alkyl halides is 3. The molecule has 10 heteroatoms. The van der Waals surface area contributed by atoms with Crippen molar-refractivity contribution in [3.8, 4) is 11.8 Å². The van der Waals surface area contributed by atoms with Gasteiger partial charge in [-0.3, -0.25) is 0 Å². The van der Waals surface area contributed by atoms with Gasteiger partial charge >= 0.3 is 12.2 Å². The first-order chi connectivity index (χ1) is 7.76. The van der Waals surface area contributed by atoms with E-state index in [4.69, 9.17) is 5.26 Å². The first-order valence-electron chi connectivity index (χ1n) is 3.75. The number of ether oxygens (including phenoxy) is 1. The first-order valence-corrected chi connectivity index (χ1v) is 4.54. The number of halogens is 4. The van der Waals surface area contributed by atoms with E-state index in [2.05, 4.69) is 25.7 Å². The lowest BCUT2D eigenvalue weighted by Crippen LogP contribution is -2.18. The van der Waals surface area contributed by atoms with Gasteiger partial charge in [-0.15, -0.1) is 13.2 Å². The molecule has 1 heterocycles. The van der Waals surface area contributed by atoms with Crippen LogP contribution in [-0.4, -0.2) is 16.3 Å². The number of nitriles is 1. The largest absolute Gasteiger partial charge is 0.573 e. The van der Waals surface area contributed by atoms with E-state index in [9.17, 15) is 23.3 Å². The van der Waals surface area contributed by atoms with Gasteiger partial charge in [-0.05, 0) is 25.8 Å².